The van der Waals surface area contributed by atoms with Gasteiger partial charge in [-0.3, -0.25) is 4.79 Å². The lowest BCUT2D eigenvalue weighted by Gasteiger charge is -2.12. The van der Waals surface area contributed by atoms with Crippen LogP contribution in [0.2, 0.25) is 10.0 Å². The van der Waals surface area contributed by atoms with Gasteiger partial charge in [0, 0.05) is 32.7 Å². The highest BCUT2D eigenvalue weighted by Gasteiger charge is 2.23. The smallest absolute Gasteiger partial charge is 0.263 e. The van der Waals surface area contributed by atoms with Crippen molar-refractivity contribution in [3.05, 3.63) is 86.0 Å². The lowest BCUT2D eigenvalue weighted by molar-refractivity contribution is -0.115. The fourth-order valence-electron chi connectivity index (χ4n) is 3.38. The molecule has 158 valence electrons. The summed E-state index contributed by atoms with van der Waals surface area (Å²) in [5.41, 5.74) is 4.97. The van der Waals surface area contributed by atoms with Crippen LogP contribution in [0.1, 0.15) is 22.5 Å². The summed E-state index contributed by atoms with van der Waals surface area (Å²) < 4.78 is 8.50. The van der Waals surface area contributed by atoms with E-state index >= 15 is 0 Å². The van der Waals surface area contributed by atoms with Gasteiger partial charge in [0.2, 0.25) is 0 Å². The van der Waals surface area contributed by atoms with Crippen molar-refractivity contribution >= 4 is 63.5 Å². The van der Waals surface area contributed by atoms with Crippen LogP contribution in [0.25, 0.3) is 11.8 Å². The molecular weight excluding hydrogens is 471 g/mol. The van der Waals surface area contributed by atoms with Gasteiger partial charge in [-0.2, -0.15) is 0 Å². The lowest BCUT2D eigenvalue weighted by Crippen LogP contribution is -2.17. The number of aryl methyl sites for hydroxylation is 1. The second kappa shape index (κ2) is 9.09. The van der Waals surface area contributed by atoms with Crippen LogP contribution in [-0.4, -0.2) is 14.8 Å². The van der Waals surface area contributed by atoms with E-state index in [1.54, 1.807) is 12.1 Å². The van der Waals surface area contributed by atoms with E-state index in [9.17, 15) is 4.79 Å². The van der Waals surface area contributed by atoms with Crippen LogP contribution in [0, 0.1) is 13.8 Å². The van der Waals surface area contributed by atoms with Crippen LogP contribution < -0.4 is 10.1 Å². The molecule has 2 aromatic carbocycles. The van der Waals surface area contributed by atoms with E-state index in [4.69, 9.17) is 40.2 Å². The van der Waals surface area contributed by atoms with E-state index in [0.717, 1.165) is 34.0 Å². The van der Waals surface area contributed by atoms with Crippen LogP contribution in [0.3, 0.4) is 0 Å². The average molecular weight is 489 g/mol. The molecule has 0 saturated carbocycles. The third-order valence-corrected chi connectivity index (χ3v) is 6.65. The molecule has 31 heavy (non-hydrogen) atoms. The molecular formula is C23H18Cl2N2O2S2. The van der Waals surface area contributed by atoms with Crippen molar-refractivity contribution in [2.45, 2.75) is 20.5 Å². The first-order valence-electron chi connectivity index (χ1n) is 9.43. The first kappa shape index (κ1) is 22.0. The molecule has 1 N–H and O–H groups in total. The molecule has 0 unspecified atom stereocenters. The number of amides is 1. The molecule has 0 spiro atoms. The van der Waals surface area contributed by atoms with Crippen LogP contribution in [0.15, 0.2) is 53.4 Å². The molecule has 3 aromatic rings. The molecule has 4 rings (SSSR count). The van der Waals surface area contributed by atoms with Gasteiger partial charge in [0.05, 0.1) is 4.91 Å². The summed E-state index contributed by atoms with van der Waals surface area (Å²) in [6.45, 7) is 4.42. The number of halogens is 2. The number of hydrogen-bond donors (Lipinski definition) is 1. The Labute approximate surface area is 200 Å². The highest BCUT2D eigenvalue weighted by Crippen LogP contribution is 2.30. The molecule has 2 heterocycles. The number of thioether (sulfide) groups is 1. The zero-order valence-electron chi connectivity index (χ0n) is 16.7. The van der Waals surface area contributed by atoms with Crippen molar-refractivity contribution in [1.29, 1.82) is 0 Å². The fourth-order valence-corrected chi connectivity index (χ4v) is 4.88. The molecule has 0 aliphatic carbocycles. The van der Waals surface area contributed by atoms with E-state index in [2.05, 4.69) is 16.0 Å². The van der Waals surface area contributed by atoms with Gasteiger partial charge in [0.15, 0.2) is 0 Å². The Morgan fingerprint density at radius 2 is 1.87 bits per heavy atom. The molecule has 1 aromatic heterocycles. The Kier molecular flexibility index (Phi) is 6.44. The highest BCUT2D eigenvalue weighted by atomic mass is 35.5. The first-order valence-corrected chi connectivity index (χ1v) is 11.4. The van der Waals surface area contributed by atoms with Gasteiger partial charge >= 0.3 is 0 Å². The quantitative estimate of drug-likeness (QED) is 0.330. The molecule has 0 bridgehead atoms. The van der Waals surface area contributed by atoms with Gasteiger partial charge in [0.1, 0.15) is 16.7 Å². The molecule has 1 saturated heterocycles. The van der Waals surface area contributed by atoms with Crippen LogP contribution in [-0.2, 0) is 11.4 Å². The van der Waals surface area contributed by atoms with Gasteiger partial charge in [-0.25, -0.2) is 0 Å². The first-order chi connectivity index (χ1) is 14.8. The predicted octanol–water partition coefficient (Wildman–Crippen LogP) is 6.47. The van der Waals surface area contributed by atoms with Crippen molar-refractivity contribution in [1.82, 2.24) is 9.88 Å². The second-order valence-electron chi connectivity index (χ2n) is 7.03. The van der Waals surface area contributed by atoms with Crippen molar-refractivity contribution in [2.24, 2.45) is 0 Å². The van der Waals surface area contributed by atoms with Crippen molar-refractivity contribution < 1.29 is 9.53 Å². The summed E-state index contributed by atoms with van der Waals surface area (Å²) in [7, 11) is 0. The van der Waals surface area contributed by atoms with E-state index in [1.165, 1.54) is 11.8 Å². The standard InChI is InChI=1S/C23H18Cl2N2O2S2/c1-13-9-16(10-21-22(28)26-23(30)31-21)14(2)27(13)18-5-7-19(8-6-18)29-12-15-3-4-17(24)11-20(15)25/h3-11H,12H2,1-2H3,(H,26,28,30)/b21-10-. The van der Waals surface area contributed by atoms with Gasteiger partial charge in [-0.1, -0.05) is 53.2 Å². The summed E-state index contributed by atoms with van der Waals surface area (Å²) in [5.74, 6) is 0.592. The number of thiocarbonyl (C=S) groups is 1. The van der Waals surface area contributed by atoms with E-state index in [-0.39, 0.29) is 5.91 Å². The topological polar surface area (TPSA) is 43.3 Å². The highest BCUT2D eigenvalue weighted by molar-refractivity contribution is 8.26. The monoisotopic (exact) mass is 488 g/mol. The Morgan fingerprint density at radius 1 is 1.13 bits per heavy atom. The number of benzene rings is 2. The normalized spacial score (nSPS) is 14.9. The lowest BCUT2D eigenvalue weighted by atomic mass is 10.2. The Hall–Kier alpha value is -2.25. The van der Waals surface area contributed by atoms with E-state index in [0.29, 0.717) is 25.9 Å². The van der Waals surface area contributed by atoms with Gasteiger partial charge in [-0.05, 0) is 68.0 Å². The van der Waals surface area contributed by atoms with Crippen molar-refractivity contribution in [3.8, 4) is 11.4 Å². The molecule has 1 aliphatic rings. The number of nitrogens with one attached hydrogen (secondary N) is 1. The molecule has 0 radical (unpaired) electrons. The maximum Gasteiger partial charge on any atom is 0.263 e. The van der Waals surface area contributed by atoms with Gasteiger partial charge < -0.3 is 14.6 Å². The summed E-state index contributed by atoms with van der Waals surface area (Å²) in [6, 6.07) is 15.3. The predicted molar refractivity (Wildman–Crippen MR) is 132 cm³/mol. The molecule has 8 heteroatoms. The summed E-state index contributed by atoms with van der Waals surface area (Å²) in [5, 5.41) is 3.83. The number of nitrogens with zero attached hydrogens (tertiary/aromatic N) is 1. The zero-order chi connectivity index (χ0) is 22.1. The minimum atomic E-state index is -0.151. The third-order valence-electron chi connectivity index (χ3n) is 4.90. The minimum absolute atomic E-state index is 0.151. The Morgan fingerprint density at radius 3 is 2.52 bits per heavy atom. The largest absolute Gasteiger partial charge is 0.489 e. The summed E-state index contributed by atoms with van der Waals surface area (Å²) in [4.78, 5) is 12.6. The zero-order valence-corrected chi connectivity index (χ0v) is 19.9. The average Bonchev–Trinajstić information content (AvgIpc) is 3.19. The number of carbonyl (C=O) groups excluding carboxylic acids is 1. The number of hydrogen-bond acceptors (Lipinski definition) is 4. The van der Waals surface area contributed by atoms with E-state index < -0.39 is 0 Å². The Balaban J connectivity index is 1.53. The van der Waals surface area contributed by atoms with Gasteiger partial charge in [0.25, 0.3) is 5.91 Å². The molecule has 0 atom stereocenters. The summed E-state index contributed by atoms with van der Waals surface area (Å²) >= 11 is 18.5. The maximum atomic E-state index is 12.0. The molecule has 1 aliphatic heterocycles. The van der Waals surface area contributed by atoms with Crippen LogP contribution in [0.4, 0.5) is 0 Å². The number of ether oxygens (including phenoxy) is 1. The second-order valence-corrected chi connectivity index (χ2v) is 9.59. The molecule has 4 nitrogen and oxygen atoms in total. The maximum absolute atomic E-state index is 12.0. The van der Waals surface area contributed by atoms with Crippen molar-refractivity contribution in [2.75, 3.05) is 0 Å². The molecule has 1 fully saturated rings. The van der Waals surface area contributed by atoms with Crippen molar-refractivity contribution in [3.63, 3.8) is 0 Å². The number of aromatic nitrogens is 1. The summed E-state index contributed by atoms with van der Waals surface area (Å²) in [6.07, 6.45) is 1.88. The number of carbonyl (C=O) groups is 1. The van der Waals surface area contributed by atoms with Crippen LogP contribution in [0.5, 0.6) is 5.75 Å². The third kappa shape index (κ3) is 4.83. The Bertz CT molecular complexity index is 1220. The fraction of sp³-hybridized carbons (Fsp3) is 0.130. The molecule has 1 amide bonds. The number of rotatable bonds is 5. The van der Waals surface area contributed by atoms with E-state index in [1.807, 2.05) is 50.3 Å². The SMILES string of the molecule is Cc1cc(/C=C2\SC(=S)NC2=O)c(C)n1-c1ccc(OCc2ccc(Cl)cc2Cl)cc1. The minimum Gasteiger partial charge on any atom is -0.489 e. The van der Waals surface area contributed by atoms with Crippen LogP contribution >= 0.6 is 47.2 Å². The van der Waals surface area contributed by atoms with Gasteiger partial charge in [-0.15, -0.1) is 0 Å².